The molecule has 2 amide bonds. The zero-order chi connectivity index (χ0) is 14.1. The number of hydrogen-bond donors (Lipinski definition) is 2. The molecule has 2 fully saturated rings. The lowest BCUT2D eigenvalue weighted by Crippen LogP contribution is -2.59. The summed E-state index contributed by atoms with van der Waals surface area (Å²) in [5.74, 6) is -0.177. The van der Waals surface area contributed by atoms with E-state index in [0.29, 0.717) is 26.2 Å². The number of rotatable bonds is 3. The number of likely N-dealkylation sites (tertiary alicyclic amines) is 1. The second-order valence-corrected chi connectivity index (χ2v) is 5.96. The van der Waals surface area contributed by atoms with Crippen LogP contribution in [0.3, 0.4) is 0 Å². The number of ether oxygens (including phenoxy) is 1. The first-order valence-electron chi connectivity index (χ1n) is 6.69. The molecule has 6 heteroatoms. The van der Waals surface area contributed by atoms with E-state index in [1.165, 1.54) is 0 Å². The quantitative estimate of drug-likeness (QED) is 0.725. The van der Waals surface area contributed by atoms with Crippen molar-refractivity contribution in [1.29, 1.82) is 0 Å². The topological polar surface area (TPSA) is 78.9 Å². The summed E-state index contributed by atoms with van der Waals surface area (Å²) in [4.78, 5) is 25.5. The molecule has 1 unspecified atom stereocenters. The summed E-state index contributed by atoms with van der Waals surface area (Å²) >= 11 is 0. The van der Waals surface area contributed by atoms with Crippen LogP contribution in [0.5, 0.6) is 0 Å². The predicted molar refractivity (Wildman–Crippen MR) is 68.4 cm³/mol. The highest BCUT2D eigenvalue weighted by Crippen LogP contribution is 2.32. The van der Waals surface area contributed by atoms with Gasteiger partial charge in [0.25, 0.3) is 0 Å². The summed E-state index contributed by atoms with van der Waals surface area (Å²) in [6.45, 7) is 3.64. The first-order chi connectivity index (χ1) is 8.88. The van der Waals surface area contributed by atoms with Gasteiger partial charge in [-0.05, 0) is 19.8 Å². The largest absolute Gasteiger partial charge is 0.388 e. The molecule has 0 aliphatic carbocycles. The average Bonchev–Trinajstić information content (AvgIpc) is 2.34. The second kappa shape index (κ2) is 5.09. The van der Waals surface area contributed by atoms with Gasteiger partial charge in [-0.15, -0.1) is 0 Å². The molecular formula is C13H22N2O4. The second-order valence-electron chi connectivity index (χ2n) is 5.96. The molecule has 1 atom stereocenters. The normalized spacial score (nSPS) is 29.5. The molecule has 0 aromatic carbocycles. The number of aliphatic hydroxyl groups is 1. The molecule has 0 bridgehead atoms. The molecule has 6 nitrogen and oxygen atoms in total. The van der Waals surface area contributed by atoms with E-state index < -0.39 is 11.0 Å². The highest BCUT2D eigenvalue weighted by molar-refractivity contribution is 5.84. The van der Waals surface area contributed by atoms with Gasteiger partial charge >= 0.3 is 0 Å². The van der Waals surface area contributed by atoms with Crippen molar-refractivity contribution in [3.63, 3.8) is 0 Å². The van der Waals surface area contributed by atoms with Crippen molar-refractivity contribution in [3.05, 3.63) is 0 Å². The van der Waals surface area contributed by atoms with Crippen LogP contribution in [0.1, 0.15) is 26.2 Å². The fraction of sp³-hybridized carbons (Fsp3) is 0.846. The van der Waals surface area contributed by atoms with Gasteiger partial charge in [-0.25, -0.2) is 0 Å². The van der Waals surface area contributed by atoms with Crippen LogP contribution in [-0.4, -0.2) is 60.8 Å². The van der Waals surface area contributed by atoms with Crippen molar-refractivity contribution in [2.75, 3.05) is 33.4 Å². The summed E-state index contributed by atoms with van der Waals surface area (Å²) in [5.41, 5.74) is -1.56. The van der Waals surface area contributed by atoms with E-state index in [1.54, 1.807) is 11.9 Å². The Morgan fingerprint density at radius 2 is 2.11 bits per heavy atom. The molecule has 0 radical (unpaired) electrons. The Morgan fingerprint density at radius 3 is 2.63 bits per heavy atom. The van der Waals surface area contributed by atoms with Gasteiger partial charge in [-0.1, -0.05) is 0 Å². The molecule has 0 spiro atoms. The highest BCUT2D eigenvalue weighted by atomic mass is 16.5. The Kier molecular flexibility index (Phi) is 3.82. The Balaban J connectivity index is 2.00. The lowest BCUT2D eigenvalue weighted by Gasteiger charge is -2.45. The van der Waals surface area contributed by atoms with E-state index >= 15 is 0 Å². The molecule has 2 N–H and O–H groups in total. The molecular weight excluding hydrogens is 248 g/mol. The smallest absolute Gasteiger partial charge is 0.233 e. The Hall–Kier alpha value is -1.14. The molecule has 2 heterocycles. The van der Waals surface area contributed by atoms with Crippen LogP contribution in [0.4, 0.5) is 0 Å². The van der Waals surface area contributed by atoms with Crippen molar-refractivity contribution in [1.82, 2.24) is 10.2 Å². The van der Waals surface area contributed by atoms with Crippen LogP contribution >= 0.6 is 0 Å². The molecule has 2 aliphatic heterocycles. The highest BCUT2D eigenvalue weighted by Gasteiger charge is 2.46. The standard InChI is InChI=1S/C13H22N2O4/c1-12(8-19-9-12)11(17)15-5-3-4-13(18,7-15)6-10(16)14-2/h18H,3-9H2,1-2H3,(H,14,16). The van der Waals surface area contributed by atoms with Crippen molar-refractivity contribution >= 4 is 11.8 Å². The average molecular weight is 270 g/mol. The van der Waals surface area contributed by atoms with Crippen LogP contribution in [0.25, 0.3) is 0 Å². The van der Waals surface area contributed by atoms with E-state index in [2.05, 4.69) is 5.32 Å². The van der Waals surface area contributed by atoms with Crippen molar-refractivity contribution in [2.45, 2.75) is 31.8 Å². The molecule has 108 valence electrons. The Morgan fingerprint density at radius 1 is 1.42 bits per heavy atom. The summed E-state index contributed by atoms with van der Waals surface area (Å²) in [5, 5.41) is 13.0. The molecule has 0 aromatic rings. The molecule has 19 heavy (non-hydrogen) atoms. The minimum atomic E-state index is -1.10. The number of nitrogens with one attached hydrogen (secondary N) is 1. The van der Waals surface area contributed by atoms with E-state index in [4.69, 9.17) is 4.74 Å². The Bertz CT molecular complexity index is 381. The van der Waals surface area contributed by atoms with Crippen LogP contribution in [0.2, 0.25) is 0 Å². The number of carbonyl (C=O) groups is 2. The number of nitrogens with zero attached hydrogens (tertiary/aromatic N) is 1. The van der Waals surface area contributed by atoms with Gasteiger partial charge in [-0.2, -0.15) is 0 Å². The molecule has 2 saturated heterocycles. The first kappa shape index (κ1) is 14.3. The third kappa shape index (κ3) is 2.90. The number of carbonyl (C=O) groups excluding carboxylic acids is 2. The lowest BCUT2D eigenvalue weighted by molar-refractivity contribution is -0.175. The number of amides is 2. The maximum Gasteiger partial charge on any atom is 0.233 e. The van der Waals surface area contributed by atoms with E-state index in [0.717, 1.165) is 6.42 Å². The van der Waals surface area contributed by atoms with Crippen LogP contribution in [0, 0.1) is 5.41 Å². The van der Waals surface area contributed by atoms with Gasteiger partial charge in [-0.3, -0.25) is 9.59 Å². The SMILES string of the molecule is CNC(=O)CC1(O)CCCN(C(=O)C2(C)COC2)C1. The third-order valence-electron chi connectivity index (χ3n) is 3.97. The summed E-state index contributed by atoms with van der Waals surface area (Å²) in [7, 11) is 1.55. The molecule has 0 aromatic heterocycles. The summed E-state index contributed by atoms with van der Waals surface area (Å²) in [6, 6.07) is 0. The zero-order valence-electron chi connectivity index (χ0n) is 11.6. The molecule has 0 saturated carbocycles. The number of piperidine rings is 1. The summed E-state index contributed by atoms with van der Waals surface area (Å²) in [6.07, 6.45) is 1.31. The fourth-order valence-electron chi connectivity index (χ4n) is 2.73. The van der Waals surface area contributed by atoms with E-state index in [1.807, 2.05) is 6.92 Å². The van der Waals surface area contributed by atoms with E-state index in [-0.39, 0.29) is 24.8 Å². The van der Waals surface area contributed by atoms with Crippen LogP contribution in [0.15, 0.2) is 0 Å². The third-order valence-corrected chi connectivity index (χ3v) is 3.97. The van der Waals surface area contributed by atoms with Crippen molar-refractivity contribution in [3.8, 4) is 0 Å². The number of hydrogen-bond acceptors (Lipinski definition) is 4. The maximum absolute atomic E-state index is 12.4. The van der Waals surface area contributed by atoms with E-state index in [9.17, 15) is 14.7 Å². The molecule has 2 rings (SSSR count). The van der Waals surface area contributed by atoms with Crippen molar-refractivity contribution < 1.29 is 19.4 Å². The first-order valence-corrected chi connectivity index (χ1v) is 6.69. The van der Waals surface area contributed by atoms with Gasteiger partial charge in [0.2, 0.25) is 11.8 Å². The van der Waals surface area contributed by atoms with Crippen molar-refractivity contribution in [2.24, 2.45) is 5.41 Å². The lowest BCUT2D eigenvalue weighted by atomic mass is 9.83. The van der Waals surface area contributed by atoms with Crippen LogP contribution in [-0.2, 0) is 14.3 Å². The van der Waals surface area contributed by atoms with Gasteiger partial charge < -0.3 is 20.1 Å². The minimum absolute atomic E-state index is 0.0220. The summed E-state index contributed by atoms with van der Waals surface area (Å²) < 4.78 is 5.11. The molecule has 2 aliphatic rings. The predicted octanol–water partition coefficient (Wildman–Crippen LogP) is -0.488. The van der Waals surface area contributed by atoms with Gasteiger partial charge in [0.1, 0.15) is 0 Å². The number of β-amino-alcohol motifs (C(OH)–C–C–N with tert-alkyl or cyclic N) is 1. The Labute approximate surface area is 113 Å². The maximum atomic E-state index is 12.4. The fourth-order valence-corrected chi connectivity index (χ4v) is 2.73. The monoisotopic (exact) mass is 270 g/mol. The zero-order valence-corrected chi connectivity index (χ0v) is 11.6. The van der Waals surface area contributed by atoms with Gasteiger partial charge in [0.15, 0.2) is 0 Å². The van der Waals surface area contributed by atoms with Gasteiger partial charge in [0.05, 0.1) is 30.7 Å². The van der Waals surface area contributed by atoms with Crippen LogP contribution < -0.4 is 5.32 Å². The van der Waals surface area contributed by atoms with Gasteiger partial charge in [0, 0.05) is 20.1 Å². The minimum Gasteiger partial charge on any atom is -0.388 e.